The van der Waals surface area contributed by atoms with Crippen LogP contribution in [0.5, 0.6) is 0 Å². The predicted molar refractivity (Wildman–Crippen MR) is 115 cm³/mol. The fourth-order valence-corrected chi connectivity index (χ4v) is 3.52. The monoisotopic (exact) mass is 490 g/mol. The highest BCUT2D eigenvalue weighted by Crippen LogP contribution is 2.34. The van der Waals surface area contributed by atoms with E-state index in [2.05, 4.69) is 9.84 Å². The standard InChI is InChI=1S/C24H15F5N2O4/c1-10-8-12(24(33)34-3)4-6-14(10)16-7-5-13(35-16)9-15-11(2)30-31(23(15)32)22-20(28)18(26)17(25)19(27)21(22)29/h4-9H,1-3H3/b15-9+. The van der Waals surface area contributed by atoms with Crippen molar-refractivity contribution in [2.75, 3.05) is 12.1 Å². The molecule has 3 aromatic rings. The van der Waals surface area contributed by atoms with Crippen molar-refractivity contribution < 1.29 is 40.7 Å². The molecule has 4 rings (SSSR count). The number of furan rings is 1. The summed E-state index contributed by atoms with van der Waals surface area (Å²) in [5.74, 6) is -12.2. The van der Waals surface area contributed by atoms with Crippen molar-refractivity contribution in [1.82, 2.24) is 0 Å². The van der Waals surface area contributed by atoms with Gasteiger partial charge in [0.05, 0.1) is 24.0 Å². The molecule has 0 spiro atoms. The molecule has 11 heteroatoms. The molecule has 0 radical (unpaired) electrons. The second kappa shape index (κ2) is 8.82. The number of aryl methyl sites for hydroxylation is 1. The zero-order chi connectivity index (χ0) is 25.6. The van der Waals surface area contributed by atoms with Gasteiger partial charge in [-0.2, -0.15) is 10.1 Å². The van der Waals surface area contributed by atoms with Crippen LogP contribution in [0.15, 0.2) is 45.4 Å². The molecule has 0 fully saturated rings. The number of rotatable bonds is 4. The first-order valence-electron chi connectivity index (χ1n) is 9.97. The highest BCUT2D eigenvalue weighted by molar-refractivity contribution is 6.32. The van der Waals surface area contributed by atoms with Crippen molar-refractivity contribution in [3.8, 4) is 11.3 Å². The average Bonchev–Trinajstić information content (AvgIpc) is 3.41. The van der Waals surface area contributed by atoms with Crippen LogP contribution in [0.1, 0.15) is 28.6 Å². The molecule has 0 saturated heterocycles. The Morgan fingerprint density at radius 3 is 2.20 bits per heavy atom. The van der Waals surface area contributed by atoms with Gasteiger partial charge in [-0.1, -0.05) is 6.07 Å². The predicted octanol–water partition coefficient (Wildman–Crippen LogP) is 5.54. The third-order valence-electron chi connectivity index (χ3n) is 5.29. The number of hydrazone groups is 1. The molecule has 0 atom stereocenters. The summed E-state index contributed by atoms with van der Waals surface area (Å²) in [7, 11) is 1.26. The molecule has 1 aliphatic rings. The van der Waals surface area contributed by atoms with Crippen molar-refractivity contribution in [2.24, 2.45) is 5.10 Å². The van der Waals surface area contributed by atoms with E-state index < -0.39 is 46.6 Å². The quantitative estimate of drug-likeness (QED) is 0.158. The number of benzene rings is 2. The molecule has 0 N–H and O–H groups in total. The number of methoxy groups -OCH3 is 1. The van der Waals surface area contributed by atoms with Gasteiger partial charge in [0.25, 0.3) is 5.91 Å². The zero-order valence-electron chi connectivity index (χ0n) is 18.4. The van der Waals surface area contributed by atoms with E-state index in [1.54, 1.807) is 31.2 Å². The molecule has 0 aliphatic carbocycles. The second-order valence-electron chi connectivity index (χ2n) is 7.50. The zero-order valence-corrected chi connectivity index (χ0v) is 18.4. The molecule has 1 aromatic heterocycles. The van der Waals surface area contributed by atoms with Crippen molar-refractivity contribution in [2.45, 2.75) is 13.8 Å². The Balaban J connectivity index is 1.67. The van der Waals surface area contributed by atoms with E-state index >= 15 is 0 Å². The van der Waals surface area contributed by atoms with E-state index in [-0.39, 0.29) is 22.1 Å². The van der Waals surface area contributed by atoms with Gasteiger partial charge in [-0.25, -0.2) is 26.7 Å². The lowest BCUT2D eigenvalue weighted by molar-refractivity contribution is -0.114. The molecule has 2 aromatic carbocycles. The summed E-state index contributed by atoms with van der Waals surface area (Å²) in [6, 6.07) is 7.92. The lowest BCUT2D eigenvalue weighted by Crippen LogP contribution is -2.25. The summed E-state index contributed by atoms with van der Waals surface area (Å²) < 4.78 is 79.4. The van der Waals surface area contributed by atoms with Crippen LogP contribution in [0.4, 0.5) is 27.6 Å². The Hall–Kier alpha value is -4.28. The molecule has 35 heavy (non-hydrogen) atoms. The van der Waals surface area contributed by atoms with Crippen LogP contribution in [0.25, 0.3) is 17.4 Å². The summed E-state index contributed by atoms with van der Waals surface area (Å²) in [5, 5.41) is 3.80. The van der Waals surface area contributed by atoms with Gasteiger partial charge >= 0.3 is 5.97 Å². The minimum absolute atomic E-state index is 0.0319. The minimum Gasteiger partial charge on any atom is -0.465 e. The number of esters is 1. The van der Waals surface area contributed by atoms with E-state index in [1.807, 2.05) is 0 Å². The van der Waals surface area contributed by atoms with E-state index in [1.165, 1.54) is 26.2 Å². The van der Waals surface area contributed by atoms with Crippen molar-refractivity contribution in [3.05, 3.63) is 81.9 Å². The van der Waals surface area contributed by atoms with Crippen LogP contribution >= 0.6 is 0 Å². The molecule has 180 valence electrons. The Morgan fingerprint density at radius 2 is 1.60 bits per heavy atom. The van der Waals surface area contributed by atoms with Gasteiger partial charge in [0, 0.05) is 5.56 Å². The second-order valence-corrected chi connectivity index (χ2v) is 7.50. The van der Waals surface area contributed by atoms with Crippen LogP contribution in [0.3, 0.4) is 0 Å². The van der Waals surface area contributed by atoms with Crippen LogP contribution in [-0.2, 0) is 9.53 Å². The molecular formula is C24H15F5N2O4. The SMILES string of the molecule is COC(=O)c1ccc(-c2ccc(/C=C3/C(=O)N(c4c(F)c(F)c(F)c(F)c4F)N=C3C)o2)c(C)c1. The molecule has 0 saturated carbocycles. The highest BCUT2D eigenvalue weighted by Gasteiger charge is 2.37. The Labute approximate surface area is 194 Å². The maximum absolute atomic E-state index is 14.2. The van der Waals surface area contributed by atoms with Gasteiger partial charge in [0.2, 0.25) is 5.82 Å². The van der Waals surface area contributed by atoms with Crippen molar-refractivity contribution in [1.29, 1.82) is 0 Å². The average molecular weight is 490 g/mol. The fraction of sp³-hybridized carbons (Fsp3) is 0.125. The molecular weight excluding hydrogens is 475 g/mol. The molecule has 2 heterocycles. The molecule has 0 bridgehead atoms. The first-order valence-corrected chi connectivity index (χ1v) is 9.97. The summed E-state index contributed by atoms with van der Waals surface area (Å²) >= 11 is 0. The number of carbonyl (C=O) groups excluding carboxylic acids is 2. The minimum atomic E-state index is -2.34. The molecule has 0 unspecified atom stereocenters. The van der Waals surface area contributed by atoms with Gasteiger partial charge in [0.15, 0.2) is 23.3 Å². The van der Waals surface area contributed by atoms with E-state index in [4.69, 9.17) is 4.42 Å². The fourth-order valence-electron chi connectivity index (χ4n) is 3.52. The van der Waals surface area contributed by atoms with Gasteiger partial charge in [0.1, 0.15) is 17.2 Å². The Bertz CT molecular complexity index is 1430. The number of carbonyl (C=O) groups is 2. The van der Waals surface area contributed by atoms with E-state index in [9.17, 15) is 31.5 Å². The van der Waals surface area contributed by atoms with Gasteiger partial charge in [-0.05, 0) is 49.8 Å². The molecule has 1 aliphatic heterocycles. The third-order valence-corrected chi connectivity index (χ3v) is 5.29. The van der Waals surface area contributed by atoms with Gasteiger partial charge < -0.3 is 9.15 Å². The number of anilines is 1. The smallest absolute Gasteiger partial charge is 0.337 e. The van der Waals surface area contributed by atoms with E-state index in [0.29, 0.717) is 22.5 Å². The number of nitrogens with zero attached hydrogens (tertiary/aromatic N) is 2. The van der Waals surface area contributed by atoms with Crippen LogP contribution in [-0.4, -0.2) is 24.7 Å². The Morgan fingerprint density at radius 1 is 0.971 bits per heavy atom. The maximum Gasteiger partial charge on any atom is 0.337 e. The summed E-state index contributed by atoms with van der Waals surface area (Å²) in [5.41, 5.74) is 0.0140. The first kappa shape index (κ1) is 23.9. The third kappa shape index (κ3) is 3.98. The van der Waals surface area contributed by atoms with Crippen molar-refractivity contribution >= 4 is 29.4 Å². The maximum atomic E-state index is 14.2. The van der Waals surface area contributed by atoms with Crippen LogP contribution < -0.4 is 5.01 Å². The number of halogens is 5. The van der Waals surface area contributed by atoms with Gasteiger partial charge in [-0.15, -0.1) is 0 Å². The summed E-state index contributed by atoms with van der Waals surface area (Å²) in [4.78, 5) is 24.5. The van der Waals surface area contributed by atoms with Crippen molar-refractivity contribution in [3.63, 3.8) is 0 Å². The summed E-state index contributed by atoms with van der Waals surface area (Å²) in [6.07, 6.45) is 1.23. The Kier molecular flexibility index (Phi) is 6.01. The molecule has 1 amide bonds. The summed E-state index contributed by atoms with van der Waals surface area (Å²) in [6.45, 7) is 3.08. The van der Waals surface area contributed by atoms with E-state index in [0.717, 1.165) is 0 Å². The molecule has 6 nitrogen and oxygen atoms in total. The van der Waals surface area contributed by atoms with Crippen LogP contribution in [0, 0.1) is 36.0 Å². The lowest BCUT2D eigenvalue weighted by Gasteiger charge is -2.14. The number of hydrogen-bond donors (Lipinski definition) is 0. The first-order chi connectivity index (χ1) is 16.5. The highest BCUT2D eigenvalue weighted by atomic mass is 19.2. The number of amides is 1. The largest absolute Gasteiger partial charge is 0.465 e. The normalized spacial score (nSPS) is 14.6. The van der Waals surface area contributed by atoms with Crippen LogP contribution in [0.2, 0.25) is 0 Å². The number of hydrogen-bond acceptors (Lipinski definition) is 5. The number of ether oxygens (including phenoxy) is 1. The lowest BCUT2D eigenvalue weighted by atomic mass is 10.0. The van der Waals surface area contributed by atoms with Gasteiger partial charge in [-0.3, -0.25) is 4.79 Å². The topological polar surface area (TPSA) is 72.1 Å².